The second kappa shape index (κ2) is 72.0. The van der Waals surface area contributed by atoms with Gasteiger partial charge in [-0.25, -0.2) is 9.13 Å². The summed E-state index contributed by atoms with van der Waals surface area (Å²) in [4.78, 5) is 58.5. The summed E-state index contributed by atoms with van der Waals surface area (Å²) >= 11 is 0. The molecule has 16 nitrogen and oxygen atoms in total. The highest BCUT2D eigenvalue weighted by atomic mass is 31.2. The van der Waals surface area contributed by atoms with Crippen LogP contribution in [0.3, 0.4) is 0 Å². The third kappa shape index (κ3) is 73.3. The summed E-state index contributed by atoms with van der Waals surface area (Å²) in [5.41, 5.74) is 0. The third-order valence-corrected chi connectivity index (χ3v) is 17.9. The van der Waals surface area contributed by atoms with Crippen LogP contribution in [0.2, 0.25) is 0 Å². The minimum absolute atomic E-state index is 0.106. The van der Waals surface area contributed by atoms with Crippen LogP contribution >= 0.6 is 15.6 Å². The molecule has 0 aliphatic rings. The molecule has 0 aromatic heterocycles. The van der Waals surface area contributed by atoms with Gasteiger partial charge in [-0.15, -0.1) is 0 Å². The van der Waals surface area contributed by atoms with Crippen LogP contribution < -0.4 is 0 Å². The number of phosphoric ester groups is 2. The molecule has 0 heterocycles. The van der Waals surface area contributed by atoms with E-state index < -0.39 is 91.5 Å². The number of hydrogen-bond acceptors (Lipinski definition) is 14. The lowest BCUT2D eigenvalue weighted by molar-refractivity contribution is -0.161. The molecule has 0 amide bonds. The molecular formula is C79H138O16P2. The fraction of sp³-hybridized carbons (Fsp3) is 0.734. The average molecular weight is 1410 g/mol. The van der Waals surface area contributed by atoms with Crippen LogP contribution in [0.4, 0.5) is 0 Å². The lowest BCUT2D eigenvalue weighted by Gasteiger charge is -2.21. The predicted molar refractivity (Wildman–Crippen MR) is 399 cm³/mol. The van der Waals surface area contributed by atoms with E-state index in [9.17, 15) is 43.5 Å². The minimum atomic E-state index is -4.92. The Morgan fingerprint density at radius 3 is 0.866 bits per heavy atom. The Labute approximate surface area is 590 Å². The summed E-state index contributed by atoms with van der Waals surface area (Å²) < 4.78 is 61.0. The van der Waals surface area contributed by atoms with E-state index in [0.717, 1.165) is 154 Å². The number of aliphatic hydroxyl groups excluding tert-OH is 2. The lowest BCUT2D eigenvalue weighted by atomic mass is 10.0. The van der Waals surface area contributed by atoms with Crippen molar-refractivity contribution < 1.29 is 75.8 Å². The molecule has 560 valence electrons. The molecule has 5 unspecified atom stereocenters. The van der Waals surface area contributed by atoms with Crippen molar-refractivity contribution in [1.29, 1.82) is 0 Å². The first-order valence-corrected chi connectivity index (χ1v) is 41.2. The van der Waals surface area contributed by atoms with Crippen LogP contribution in [-0.2, 0) is 55.8 Å². The number of phosphoric acid groups is 2. The van der Waals surface area contributed by atoms with Crippen molar-refractivity contribution in [2.24, 2.45) is 0 Å². The highest BCUT2D eigenvalue weighted by Crippen LogP contribution is 2.45. The SMILES string of the molecule is CC/C=C\C/C=C\C/C=C\C/C=C\C/C=C\C/C=C\CCCCCCCCCCCCCCC(=O)OCC(O)COP(=O)(O)OCC(O)COP(=O)(O)OCC(COC(=O)CCCCCCCCC/C=C\C/C=C\C/C=C\CC)OC(=O)CCCCCCCCCCCCCCC. The van der Waals surface area contributed by atoms with Crippen LogP contribution in [0, 0.1) is 0 Å². The second-order valence-electron chi connectivity index (χ2n) is 25.4. The number of hydrogen-bond donors (Lipinski definition) is 4. The van der Waals surface area contributed by atoms with Gasteiger partial charge in [-0.3, -0.25) is 32.5 Å². The molecule has 0 aliphatic heterocycles. The number of allylic oxidation sites excluding steroid dienone is 18. The zero-order valence-electron chi connectivity index (χ0n) is 61.0. The maximum atomic E-state index is 12.9. The summed E-state index contributed by atoms with van der Waals surface area (Å²) in [6.07, 6.45) is 82.9. The van der Waals surface area contributed by atoms with Gasteiger partial charge >= 0.3 is 33.6 Å². The number of unbranched alkanes of at least 4 members (excludes halogenated alkanes) is 31. The van der Waals surface area contributed by atoms with Gasteiger partial charge in [0.15, 0.2) is 6.10 Å². The van der Waals surface area contributed by atoms with Crippen LogP contribution in [0.1, 0.15) is 316 Å². The average Bonchev–Trinajstić information content (AvgIpc) is 1.62. The molecule has 0 aromatic rings. The highest BCUT2D eigenvalue weighted by Gasteiger charge is 2.29. The largest absolute Gasteiger partial charge is 0.472 e. The van der Waals surface area contributed by atoms with Gasteiger partial charge in [0.25, 0.3) is 0 Å². The van der Waals surface area contributed by atoms with Crippen molar-refractivity contribution in [2.75, 3.05) is 39.6 Å². The van der Waals surface area contributed by atoms with Gasteiger partial charge in [0.05, 0.1) is 26.4 Å². The van der Waals surface area contributed by atoms with Crippen LogP contribution in [-0.4, -0.2) is 95.9 Å². The number of aliphatic hydroxyl groups is 2. The van der Waals surface area contributed by atoms with E-state index in [0.29, 0.717) is 19.3 Å². The Morgan fingerprint density at radius 2 is 0.546 bits per heavy atom. The van der Waals surface area contributed by atoms with Gasteiger partial charge in [0.1, 0.15) is 25.4 Å². The third-order valence-electron chi connectivity index (χ3n) is 16.0. The van der Waals surface area contributed by atoms with E-state index >= 15 is 0 Å². The quantitative estimate of drug-likeness (QED) is 0.0146. The maximum Gasteiger partial charge on any atom is 0.472 e. The summed E-state index contributed by atoms with van der Waals surface area (Å²) in [6.45, 7) is 2.46. The minimum Gasteiger partial charge on any atom is -0.463 e. The highest BCUT2D eigenvalue weighted by molar-refractivity contribution is 7.47. The first-order chi connectivity index (χ1) is 47.2. The maximum absolute atomic E-state index is 12.9. The number of carbonyl (C=O) groups excluding carboxylic acids is 3. The topological polar surface area (TPSA) is 231 Å². The Kier molecular flexibility index (Phi) is 69.2. The molecule has 5 atom stereocenters. The van der Waals surface area contributed by atoms with E-state index in [1.807, 2.05) is 0 Å². The van der Waals surface area contributed by atoms with Crippen molar-refractivity contribution in [1.82, 2.24) is 0 Å². The van der Waals surface area contributed by atoms with Gasteiger partial charge in [-0.1, -0.05) is 304 Å². The monoisotopic (exact) mass is 1400 g/mol. The molecule has 0 spiro atoms. The second-order valence-corrected chi connectivity index (χ2v) is 28.3. The fourth-order valence-electron chi connectivity index (χ4n) is 10.2. The van der Waals surface area contributed by atoms with Gasteiger partial charge in [0, 0.05) is 19.3 Å². The van der Waals surface area contributed by atoms with Crippen molar-refractivity contribution in [3.8, 4) is 0 Å². The molecule has 18 heteroatoms. The summed E-state index contributed by atoms with van der Waals surface area (Å²) in [5.74, 6) is -1.58. The lowest BCUT2D eigenvalue weighted by Crippen LogP contribution is -2.30. The molecule has 0 saturated carbocycles. The van der Waals surface area contributed by atoms with E-state index in [-0.39, 0.29) is 19.3 Å². The molecule has 0 aliphatic carbocycles. The van der Waals surface area contributed by atoms with Gasteiger partial charge in [-0.2, -0.15) is 0 Å². The smallest absolute Gasteiger partial charge is 0.463 e. The predicted octanol–water partition coefficient (Wildman–Crippen LogP) is 22.0. The van der Waals surface area contributed by atoms with Crippen LogP contribution in [0.15, 0.2) is 109 Å². The molecule has 0 saturated heterocycles. The standard InChI is InChI=1S/C79H138O16P2/c1-4-7-10-13-16-19-22-25-27-29-30-31-32-33-34-35-36-37-38-39-40-41-42-44-46-48-50-53-56-59-62-65-77(82)89-68-74(80)69-91-96(85,86)92-70-75(81)71-93-97(87,88)94-73-76(95-79(84)67-64-61-58-55-52-47-24-21-18-15-12-9-6-3)72-90-78(83)66-63-60-57-54-51-49-45-43-28-26-23-20-17-14-11-8-5-2/h7-8,10-11,16-17,19-20,25-28,30-31,33-34,36-37,74-76,80-81H,4-6,9,12-15,18,21-24,29,32,35,38-73H2,1-3H3,(H,85,86)(H,87,88)/b10-7-,11-8-,19-16-,20-17-,27-25-,28-26-,31-30-,34-33-,37-36-. The van der Waals surface area contributed by atoms with Crippen molar-refractivity contribution in [3.05, 3.63) is 109 Å². The first kappa shape index (κ1) is 93.2. The number of carbonyl (C=O) groups is 3. The zero-order chi connectivity index (χ0) is 70.9. The van der Waals surface area contributed by atoms with E-state index in [1.54, 1.807) is 0 Å². The molecular weight excluding hydrogens is 1270 g/mol. The molecule has 0 aromatic carbocycles. The van der Waals surface area contributed by atoms with E-state index in [2.05, 4.69) is 130 Å². The first-order valence-electron chi connectivity index (χ1n) is 38.2. The van der Waals surface area contributed by atoms with Gasteiger partial charge in [-0.05, 0) is 103 Å². The van der Waals surface area contributed by atoms with Crippen molar-refractivity contribution in [2.45, 2.75) is 334 Å². The van der Waals surface area contributed by atoms with E-state index in [1.165, 1.54) is 103 Å². The molecule has 0 bridgehead atoms. The molecule has 0 fully saturated rings. The summed E-state index contributed by atoms with van der Waals surface area (Å²) in [5, 5.41) is 20.6. The Balaban J connectivity index is 4.43. The number of esters is 3. The van der Waals surface area contributed by atoms with Crippen molar-refractivity contribution >= 4 is 33.6 Å². The number of rotatable bonds is 72. The fourth-order valence-corrected chi connectivity index (χ4v) is 11.8. The molecule has 4 N–H and O–H groups in total. The normalized spacial score (nSPS) is 14.7. The van der Waals surface area contributed by atoms with Gasteiger partial charge in [0.2, 0.25) is 0 Å². The zero-order valence-corrected chi connectivity index (χ0v) is 62.8. The molecule has 0 radical (unpaired) electrons. The van der Waals surface area contributed by atoms with Crippen LogP contribution in [0.5, 0.6) is 0 Å². The molecule has 0 rings (SSSR count). The van der Waals surface area contributed by atoms with Crippen LogP contribution in [0.25, 0.3) is 0 Å². The number of ether oxygens (including phenoxy) is 3. The molecule has 97 heavy (non-hydrogen) atoms. The van der Waals surface area contributed by atoms with Gasteiger partial charge < -0.3 is 34.2 Å². The Hall–Kier alpha value is -3.79. The summed E-state index contributed by atoms with van der Waals surface area (Å²) in [6, 6.07) is 0. The van der Waals surface area contributed by atoms with E-state index in [4.69, 9.17) is 32.3 Å². The Bertz CT molecular complexity index is 2200. The van der Waals surface area contributed by atoms with Crippen molar-refractivity contribution in [3.63, 3.8) is 0 Å². The summed E-state index contributed by atoms with van der Waals surface area (Å²) in [7, 11) is -9.78. The Morgan fingerprint density at radius 1 is 0.299 bits per heavy atom.